The summed E-state index contributed by atoms with van der Waals surface area (Å²) in [6.07, 6.45) is 7.38. The molecular formula is C19H27BrN2O2. The molecule has 5 heteroatoms. The molecule has 0 spiro atoms. The van der Waals surface area contributed by atoms with E-state index in [1.165, 1.54) is 19.3 Å². The highest BCUT2D eigenvalue weighted by atomic mass is 79.9. The number of carbonyl (C=O) groups is 2. The summed E-state index contributed by atoms with van der Waals surface area (Å²) in [7, 11) is 0. The molecule has 0 saturated heterocycles. The van der Waals surface area contributed by atoms with Crippen molar-refractivity contribution in [3.05, 3.63) is 34.3 Å². The van der Waals surface area contributed by atoms with Gasteiger partial charge in [-0.25, -0.2) is 0 Å². The Balaban J connectivity index is 1.74. The maximum absolute atomic E-state index is 12.1. The average molecular weight is 395 g/mol. The predicted molar refractivity (Wildman–Crippen MR) is 99.5 cm³/mol. The van der Waals surface area contributed by atoms with Crippen molar-refractivity contribution in [3.8, 4) is 0 Å². The Hall–Kier alpha value is -1.36. The summed E-state index contributed by atoms with van der Waals surface area (Å²) in [6.45, 7) is 2.09. The smallest absolute Gasteiger partial charge is 0.239 e. The minimum atomic E-state index is -0.137. The first kappa shape index (κ1) is 19.0. The van der Waals surface area contributed by atoms with E-state index in [9.17, 15) is 9.59 Å². The van der Waals surface area contributed by atoms with Crippen LogP contribution in [0.4, 0.5) is 0 Å². The van der Waals surface area contributed by atoms with Crippen molar-refractivity contribution in [1.29, 1.82) is 0 Å². The first-order valence-corrected chi connectivity index (χ1v) is 9.69. The fourth-order valence-corrected chi connectivity index (χ4v) is 3.53. The molecule has 132 valence electrons. The van der Waals surface area contributed by atoms with E-state index < -0.39 is 0 Å². The molecule has 2 amide bonds. The van der Waals surface area contributed by atoms with Crippen LogP contribution in [0.5, 0.6) is 0 Å². The molecule has 4 nitrogen and oxygen atoms in total. The molecule has 1 fully saturated rings. The molecule has 1 unspecified atom stereocenters. The van der Waals surface area contributed by atoms with Gasteiger partial charge in [0, 0.05) is 10.9 Å². The van der Waals surface area contributed by atoms with Crippen LogP contribution in [0.3, 0.4) is 0 Å². The highest BCUT2D eigenvalue weighted by Crippen LogP contribution is 2.26. The number of carbonyl (C=O) groups excluding carboxylic acids is 2. The van der Waals surface area contributed by atoms with Gasteiger partial charge in [0.25, 0.3) is 0 Å². The van der Waals surface area contributed by atoms with Gasteiger partial charge in [-0.2, -0.15) is 0 Å². The van der Waals surface area contributed by atoms with Crippen LogP contribution in [-0.4, -0.2) is 18.4 Å². The van der Waals surface area contributed by atoms with Crippen molar-refractivity contribution < 1.29 is 9.59 Å². The third-order valence-corrected chi connectivity index (χ3v) is 5.19. The van der Waals surface area contributed by atoms with Crippen LogP contribution >= 0.6 is 15.9 Å². The maximum Gasteiger partial charge on any atom is 0.239 e. The van der Waals surface area contributed by atoms with Crippen LogP contribution in [-0.2, 0) is 9.59 Å². The van der Waals surface area contributed by atoms with Crippen LogP contribution in [0.2, 0.25) is 0 Å². The number of hydrogen-bond donors (Lipinski definition) is 2. The number of halogens is 1. The van der Waals surface area contributed by atoms with Gasteiger partial charge in [-0.3, -0.25) is 9.59 Å². The molecule has 1 atom stereocenters. The van der Waals surface area contributed by atoms with E-state index in [1.807, 2.05) is 31.2 Å². The van der Waals surface area contributed by atoms with Crippen LogP contribution in [0.1, 0.15) is 63.5 Å². The van der Waals surface area contributed by atoms with Gasteiger partial charge < -0.3 is 10.6 Å². The van der Waals surface area contributed by atoms with E-state index in [1.54, 1.807) is 0 Å². The Morgan fingerprint density at radius 3 is 2.42 bits per heavy atom. The number of rotatable bonds is 7. The van der Waals surface area contributed by atoms with Gasteiger partial charge in [-0.15, -0.1) is 0 Å². The summed E-state index contributed by atoms with van der Waals surface area (Å²) in [5.41, 5.74) is 1.07. The molecule has 1 aromatic carbocycles. The molecule has 24 heavy (non-hydrogen) atoms. The zero-order valence-corrected chi connectivity index (χ0v) is 15.9. The van der Waals surface area contributed by atoms with Gasteiger partial charge in [-0.05, 0) is 42.9 Å². The fourth-order valence-electron chi connectivity index (χ4n) is 3.27. The largest absolute Gasteiger partial charge is 0.348 e. The molecule has 1 saturated carbocycles. The monoisotopic (exact) mass is 394 g/mol. The SMILES string of the molecule is CCC(NC(=O)CNC(=O)CC1CCCCC1)c1ccc(Br)cc1. The van der Waals surface area contributed by atoms with Crippen molar-refractivity contribution in [2.75, 3.05) is 6.54 Å². The van der Waals surface area contributed by atoms with Gasteiger partial charge >= 0.3 is 0 Å². The van der Waals surface area contributed by atoms with E-state index in [0.29, 0.717) is 12.3 Å². The molecule has 0 aromatic heterocycles. The van der Waals surface area contributed by atoms with Gasteiger partial charge in [0.05, 0.1) is 12.6 Å². The third-order valence-electron chi connectivity index (χ3n) is 4.66. The molecule has 2 rings (SSSR count). The van der Waals surface area contributed by atoms with E-state index in [0.717, 1.165) is 29.3 Å². The second kappa shape index (κ2) is 9.82. The molecular weight excluding hydrogens is 368 g/mol. The second-order valence-electron chi connectivity index (χ2n) is 6.56. The quantitative estimate of drug-likeness (QED) is 0.730. The molecule has 0 bridgehead atoms. The number of hydrogen-bond acceptors (Lipinski definition) is 2. The summed E-state index contributed by atoms with van der Waals surface area (Å²) in [4.78, 5) is 24.1. The Morgan fingerprint density at radius 2 is 1.79 bits per heavy atom. The zero-order chi connectivity index (χ0) is 17.4. The Bertz CT molecular complexity index is 539. The normalized spacial score (nSPS) is 16.4. The molecule has 1 aromatic rings. The van der Waals surface area contributed by atoms with E-state index in [2.05, 4.69) is 26.6 Å². The summed E-state index contributed by atoms with van der Waals surface area (Å²) < 4.78 is 1.02. The van der Waals surface area contributed by atoms with E-state index in [4.69, 9.17) is 0 Å². The van der Waals surface area contributed by atoms with Crippen molar-refractivity contribution >= 4 is 27.7 Å². The van der Waals surface area contributed by atoms with Gasteiger partial charge in [-0.1, -0.05) is 54.2 Å². The fraction of sp³-hybridized carbons (Fsp3) is 0.579. The summed E-state index contributed by atoms with van der Waals surface area (Å²) in [6, 6.07) is 7.91. The lowest BCUT2D eigenvalue weighted by atomic mass is 9.87. The van der Waals surface area contributed by atoms with E-state index in [-0.39, 0.29) is 24.4 Å². The van der Waals surface area contributed by atoms with Crippen LogP contribution in [0, 0.1) is 5.92 Å². The minimum Gasteiger partial charge on any atom is -0.348 e. The lowest BCUT2D eigenvalue weighted by Gasteiger charge is -2.21. The lowest BCUT2D eigenvalue weighted by Crippen LogP contribution is -2.39. The third kappa shape index (κ3) is 6.27. The lowest BCUT2D eigenvalue weighted by molar-refractivity contribution is -0.127. The number of benzene rings is 1. The van der Waals surface area contributed by atoms with Gasteiger partial charge in [0.1, 0.15) is 0 Å². The van der Waals surface area contributed by atoms with Gasteiger partial charge in [0.15, 0.2) is 0 Å². The second-order valence-corrected chi connectivity index (χ2v) is 7.48. The van der Waals surface area contributed by atoms with Crippen LogP contribution in [0.15, 0.2) is 28.7 Å². The van der Waals surface area contributed by atoms with Gasteiger partial charge in [0.2, 0.25) is 11.8 Å². The first-order chi connectivity index (χ1) is 11.6. The van der Waals surface area contributed by atoms with Crippen molar-refractivity contribution in [2.45, 2.75) is 57.9 Å². The Kier molecular flexibility index (Phi) is 7.76. The molecule has 0 radical (unpaired) electrons. The zero-order valence-electron chi connectivity index (χ0n) is 14.3. The van der Waals surface area contributed by atoms with Crippen molar-refractivity contribution in [3.63, 3.8) is 0 Å². The van der Waals surface area contributed by atoms with Crippen LogP contribution in [0.25, 0.3) is 0 Å². The maximum atomic E-state index is 12.1. The molecule has 0 heterocycles. The van der Waals surface area contributed by atoms with Crippen molar-refractivity contribution in [1.82, 2.24) is 10.6 Å². The topological polar surface area (TPSA) is 58.2 Å². The number of nitrogens with one attached hydrogen (secondary N) is 2. The number of amides is 2. The highest BCUT2D eigenvalue weighted by molar-refractivity contribution is 9.10. The summed E-state index contributed by atoms with van der Waals surface area (Å²) in [5, 5.41) is 5.75. The Morgan fingerprint density at radius 1 is 1.12 bits per heavy atom. The molecule has 1 aliphatic rings. The summed E-state index contributed by atoms with van der Waals surface area (Å²) >= 11 is 3.41. The molecule has 1 aliphatic carbocycles. The van der Waals surface area contributed by atoms with E-state index >= 15 is 0 Å². The Labute approximate surface area is 152 Å². The minimum absolute atomic E-state index is 0.00580. The van der Waals surface area contributed by atoms with Crippen molar-refractivity contribution in [2.24, 2.45) is 5.92 Å². The molecule has 2 N–H and O–H groups in total. The first-order valence-electron chi connectivity index (χ1n) is 8.90. The standard InChI is InChI=1S/C19H27BrN2O2/c1-2-17(15-8-10-16(20)11-9-15)22-19(24)13-21-18(23)12-14-6-4-3-5-7-14/h8-11,14,17H,2-7,12-13H2,1H3,(H,21,23)(H,22,24). The predicted octanol–water partition coefficient (Wildman–Crippen LogP) is 4.10. The highest BCUT2D eigenvalue weighted by Gasteiger charge is 2.18. The average Bonchev–Trinajstić information content (AvgIpc) is 2.59. The summed E-state index contributed by atoms with van der Waals surface area (Å²) in [5.74, 6) is 0.350. The van der Waals surface area contributed by atoms with Crippen LogP contribution < -0.4 is 10.6 Å². The molecule has 0 aliphatic heterocycles.